The second kappa shape index (κ2) is 9.63. The highest BCUT2D eigenvalue weighted by Gasteiger charge is 2.24. The average Bonchev–Trinajstić information content (AvgIpc) is 3.23. The summed E-state index contributed by atoms with van der Waals surface area (Å²) in [5.41, 5.74) is 5.04. The van der Waals surface area contributed by atoms with Gasteiger partial charge in [0.2, 0.25) is 11.5 Å². The molecule has 1 saturated heterocycles. The maximum Gasteiger partial charge on any atom is 0.250 e. The predicted octanol–water partition coefficient (Wildman–Crippen LogP) is 4.87. The van der Waals surface area contributed by atoms with Gasteiger partial charge in [0.1, 0.15) is 0 Å². The van der Waals surface area contributed by atoms with Gasteiger partial charge in [-0.1, -0.05) is 35.0 Å². The zero-order valence-electron chi connectivity index (χ0n) is 18.7. The van der Waals surface area contributed by atoms with Gasteiger partial charge in [-0.25, -0.2) is 0 Å². The predicted molar refractivity (Wildman–Crippen MR) is 131 cm³/mol. The van der Waals surface area contributed by atoms with Crippen LogP contribution in [0.25, 0.3) is 0 Å². The monoisotopic (exact) mass is 463 g/mol. The molecule has 1 N–H and O–H groups in total. The molecular formula is C26H26ClN3O3. The second-order valence-electron chi connectivity index (χ2n) is 8.41. The third-order valence-electron chi connectivity index (χ3n) is 6.23. The zero-order valence-corrected chi connectivity index (χ0v) is 19.4. The molecule has 2 heterocycles. The third kappa shape index (κ3) is 4.86. The van der Waals surface area contributed by atoms with Crippen LogP contribution in [0.2, 0.25) is 5.02 Å². The Morgan fingerprint density at radius 3 is 2.48 bits per heavy atom. The summed E-state index contributed by atoms with van der Waals surface area (Å²) >= 11 is 6.20. The molecule has 6 nitrogen and oxygen atoms in total. The van der Waals surface area contributed by atoms with Crippen molar-refractivity contribution in [2.75, 3.05) is 11.4 Å². The van der Waals surface area contributed by atoms with Crippen molar-refractivity contribution in [1.82, 2.24) is 4.57 Å². The van der Waals surface area contributed by atoms with E-state index in [0.29, 0.717) is 29.1 Å². The number of halogens is 1. The maximum absolute atomic E-state index is 12.1. The first kappa shape index (κ1) is 22.8. The van der Waals surface area contributed by atoms with Crippen LogP contribution in [-0.4, -0.2) is 27.9 Å². The Kier molecular flexibility index (Phi) is 6.65. The largest absolute Gasteiger partial charge is 0.411 e. The van der Waals surface area contributed by atoms with Crippen LogP contribution in [0.15, 0.2) is 70.7 Å². The van der Waals surface area contributed by atoms with E-state index in [1.807, 2.05) is 54.3 Å². The standard InChI is InChI=1S/C26H26ClN3O3/c1-17-14-20(27)8-11-22(17)23(15-24(28-33)19-7-12-25(31)29(2)16-19)18-5-9-21(10-6-18)30-13-3-4-26(30)32/h5-12,14,16,23,33H,3-4,13,15H2,1-2H3. The number of carbonyl (C=O) groups excluding carboxylic acids is 1. The van der Waals surface area contributed by atoms with E-state index < -0.39 is 0 Å². The second-order valence-corrected chi connectivity index (χ2v) is 8.85. The lowest BCUT2D eigenvalue weighted by atomic mass is 9.83. The zero-order chi connectivity index (χ0) is 23.5. The molecular weight excluding hydrogens is 438 g/mol. The minimum absolute atomic E-state index is 0.117. The SMILES string of the molecule is Cc1cc(Cl)ccc1C(CC(=NO)c1ccc(=O)n(C)c1)c1ccc(N2CCCC2=O)cc1. The van der Waals surface area contributed by atoms with Crippen molar-refractivity contribution in [1.29, 1.82) is 0 Å². The van der Waals surface area contributed by atoms with Gasteiger partial charge >= 0.3 is 0 Å². The van der Waals surface area contributed by atoms with E-state index in [1.165, 1.54) is 10.6 Å². The van der Waals surface area contributed by atoms with Crippen LogP contribution < -0.4 is 10.5 Å². The van der Waals surface area contributed by atoms with Crippen molar-refractivity contribution >= 4 is 28.9 Å². The van der Waals surface area contributed by atoms with E-state index >= 15 is 0 Å². The van der Waals surface area contributed by atoms with E-state index in [9.17, 15) is 14.8 Å². The molecule has 170 valence electrons. The Hall–Kier alpha value is -3.38. The molecule has 4 rings (SSSR count). The molecule has 1 aliphatic heterocycles. The van der Waals surface area contributed by atoms with Gasteiger partial charge in [0.25, 0.3) is 0 Å². The minimum atomic E-state index is -0.131. The molecule has 1 amide bonds. The number of hydrogen-bond acceptors (Lipinski definition) is 4. The van der Waals surface area contributed by atoms with Gasteiger partial charge in [-0.3, -0.25) is 9.59 Å². The van der Waals surface area contributed by atoms with Crippen molar-refractivity contribution in [3.8, 4) is 0 Å². The van der Waals surface area contributed by atoms with Crippen LogP contribution in [0, 0.1) is 6.92 Å². The van der Waals surface area contributed by atoms with E-state index in [4.69, 9.17) is 11.6 Å². The number of nitrogens with zero attached hydrogens (tertiary/aromatic N) is 3. The first-order chi connectivity index (χ1) is 15.9. The van der Waals surface area contributed by atoms with Gasteiger partial charge < -0.3 is 14.7 Å². The van der Waals surface area contributed by atoms with Crippen molar-refractivity contribution in [2.45, 2.75) is 32.1 Å². The Bertz CT molecular complexity index is 1260. The molecule has 3 aromatic rings. The van der Waals surface area contributed by atoms with Crippen molar-refractivity contribution < 1.29 is 10.0 Å². The molecule has 0 radical (unpaired) electrons. The molecule has 0 saturated carbocycles. The highest BCUT2D eigenvalue weighted by atomic mass is 35.5. The highest BCUT2D eigenvalue weighted by Crippen LogP contribution is 2.34. The number of rotatable bonds is 6. The van der Waals surface area contributed by atoms with Crippen molar-refractivity contribution in [3.63, 3.8) is 0 Å². The third-order valence-corrected chi connectivity index (χ3v) is 6.46. The summed E-state index contributed by atoms with van der Waals surface area (Å²) in [4.78, 5) is 25.8. The van der Waals surface area contributed by atoms with Gasteiger partial charge in [-0.05, 0) is 60.4 Å². The molecule has 0 bridgehead atoms. The first-order valence-electron chi connectivity index (χ1n) is 10.9. The molecule has 0 spiro atoms. The summed E-state index contributed by atoms with van der Waals surface area (Å²) in [6.07, 6.45) is 3.55. The summed E-state index contributed by atoms with van der Waals surface area (Å²) < 4.78 is 1.46. The highest BCUT2D eigenvalue weighted by molar-refractivity contribution is 6.30. The number of benzene rings is 2. The number of aromatic nitrogens is 1. The van der Waals surface area contributed by atoms with Crippen LogP contribution in [-0.2, 0) is 11.8 Å². The Balaban J connectivity index is 1.72. The number of anilines is 1. The van der Waals surface area contributed by atoms with Crippen LogP contribution in [0.5, 0.6) is 0 Å². The Labute approximate surface area is 197 Å². The Morgan fingerprint density at radius 2 is 1.88 bits per heavy atom. The fourth-order valence-corrected chi connectivity index (χ4v) is 4.65. The molecule has 1 atom stereocenters. The molecule has 33 heavy (non-hydrogen) atoms. The molecule has 0 aliphatic carbocycles. The van der Waals surface area contributed by atoms with E-state index in [1.54, 1.807) is 19.3 Å². The van der Waals surface area contributed by atoms with Crippen LogP contribution >= 0.6 is 11.6 Å². The molecule has 1 unspecified atom stereocenters. The summed E-state index contributed by atoms with van der Waals surface area (Å²) in [6, 6.07) is 16.9. The topological polar surface area (TPSA) is 74.9 Å². The lowest BCUT2D eigenvalue weighted by Gasteiger charge is -2.22. The van der Waals surface area contributed by atoms with E-state index in [2.05, 4.69) is 5.16 Å². The van der Waals surface area contributed by atoms with E-state index in [0.717, 1.165) is 35.3 Å². The number of amides is 1. The quantitative estimate of drug-likeness (QED) is 0.322. The van der Waals surface area contributed by atoms with Crippen LogP contribution in [0.1, 0.15) is 47.4 Å². The first-order valence-corrected chi connectivity index (χ1v) is 11.3. The molecule has 1 aromatic heterocycles. The van der Waals surface area contributed by atoms with E-state index in [-0.39, 0.29) is 17.4 Å². The van der Waals surface area contributed by atoms with Gasteiger partial charge in [0.05, 0.1) is 5.71 Å². The van der Waals surface area contributed by atoms with Gasteiger partial charge in [-0.2, -0.15) is 0 Å². The number of pyridine rings is 1. The van der Waals surface area contributed by atoms with Crippen molar-refractivity contribution in [2.24, 2.45) is 12.2 Å². The normalized spacial score (nSPS) is 15.2. The summed E-state index contributed by atoms with van der Waals surface area (Å²) in [5.74, 6) is 0.0333. The van der Waals surface area contributed by atoms with Gasteiger partial charge in [0, 0.05) is 60.9 Å². The summed E-state index contributed by atoms with van der Waals surface area (Å²) in [7, 11) is 1.67. The number of oxime groups is 1. The lowest BCUT2D eigenvalue weighted by Crippen LogP contribution is -2.23. The van der Waals surface area contributed by atoms with Crippen LogP contribution in [0.4, 0.5) is 5.69 Å². The number of hydrogen-bond donors (Lipinski definition) is 1. The summed E-state index contributed by atoms with van der Waals surface area (Å²) in [6.45, 7) is 2.75. The summed E-state index contributed by atoms with van der Waals surface area (Å²) in [5, 5.41) is 14.1. The Morgan fingerprint density at radius 1 is 1.12 bits per heavy atom. The fourth-order valence-electron chi connectivity index (χ4n) is 4.42. The average molecular weight is 464 g/mol. The fraction of sp³-hybridized carbons (Fsp3) is 0.269. The van der Waals surface area contributed by atoms with Crippen molar-refractivity contribution in [3.05, 3.63) is 98.4 Å². The molecule has 1 aliphatic rings. The smallest absolute Gasteiger partial charge is 0.250 e. The van der Waals surface area contributed by atoms with Gasteiger partial charge in [-0.15, -0.1) is 0 Å². The number of aryl methyl sites for hydroxylation is 2. The minimum Gasteiger partial charge on any atom is -0.411 e. The maximum atomic E-state index is 12.1. The molecule has 2 aromatic carbocycles. The lowest BCUT2D eigenvalue weighted by molar-refractivity contribution is -0.117. The molecule has 7 heteroatoms. The van der Waals surface area contributed by atoms with Gasteiger partial charge in [0.15, 0.2) is 0 Å². The molecule has 1 fully saturated rings. The van der Waals surface area contributed by atoms with Crippen LogP contribution in [0.3, 0.4) is 0 Å². The number of carbonyl (C=O) groups is 1.